The third-order valence-electron chi connectivity index (χ3n) is 6.61. The number of hydrazone groups is 1. The first-order chi connectivity index (χ1) is 16.0. The number of amides is 2. The highest BCUT2D eigenvalue weighted by Crippen LogP contribution is 2.49. The van der Waals surface area contributed by atoms with Crippen LogP contribution in [0.15, 0.2) is 62.6 Å². The molecule has 0 unspecified atom stereocenters. The number of halogens is 2. The lowest BCUT2D eigenvalue weighted by atomic mass is 9.63. The number of benzene rings is 2. The van der Waals surface area contributed by atoms with Crippen LogP contribution in [0.5, 0.6) is 11.5 Å². The van der Waals surface area contributed by atoms with Gasteiger partial charge in [-0.15, -0.1) is 0 Å². The first kappa shape index (κ1) is 22.3. The summed E-state index contributed by atoms with van der Waals surface area (Å²) >= 11 is 6.97. The van der Waals surface area contributed by atoms with Crippen LogP contribution in [-0.2, 0) is 16.2 Å². The van der Waals surface area contributed by atoms with E-state index in [1.165, 1.54) is 6.21 Å². The van der Waals surface area contributed by atoms with Gasteiger partial charge in [-0.05, 0) is 76.0 Å². The molecule has 33 heavy (non-hydrogen) atoms. The number of carbonyl (C=O) groups is 2. The van der Waals surface area contributed by atoms with Crippen LogP contribution in [0.4, 0.5) is 0 Å². The predicted octanol–water partition coefficient (Wildman–Crippen LogP) is 5.33. The molecule has 0 spiro atoms. The predicted molar refractivity (Wildman–Crippen MR) is 131 cm³/mol. The fraction of sp³-hybridized carbons (Fsp3) is 0.320. The van der Waals surface area contributed by atoms with E-state index >= 15 is 0 Å². The van der Waals surface area contributed by atoms with Gasteiger partial charge in [-0.3, -0.25) is 9.59 Å². The van der Waals surface area contributed by atoms with Crippen LogP contribution < -0.4 is 9.47 Å². The Hall–Kier alpha value is -2.45. The molecule has 1 heterocycles. The maximum Gasteiger partial charge on any atom is 0.254 e. The molecule has 6 rings (SSSR count). The fourth-order valence-electron chi connectivity index (χ4n) is 4.99. The molecule has 2 fully saturated rings. The van der Waals surface area contributed by atoms with Crippen molar-refractivity contribution in [2.24, 2.45) is 28.8 Å². The molecule has 2 aromatic rings. The number of methoxy groups -OCH3 is 1. The Morgan fingerprint density at radius 3 is 2.24 bits per heavy atom. The molecule has 6 nitrogen and oxygen atoms in total. The van der Waals surface area contributed by atoms with Gasteiger partial charge in [-0.1, -0.05) is 40.2 Å². The number of ether oxygens (including phenoxy) is 2. The second kappa shape index (κ2) is 9.06. The third-order valence-corrected chi connectivity index (χ3v) is 7.72. The quantitative estimate of drug-likeness (QED) is 0.266. The van der Waals surface area contributed by atoms with Crippen molar-refractivity contribution in [2.75, 3.05) is 7.11 Å². The lowest BCUT2D eigenvalue weighted by molar-refractivity contribution is -0.140. The second-order valence-corrected chi connectivity index (χ2v) is 10.3. The van der Waals surface area contributed by atoms with Crippen molar-refractivity contribution in [3.63, 3.8) is 0 Å². The highest BCUT2D eigenvalue weighted by Gasteiger charge is 2.56. The number of fused-ring (bicyclic) bond motifs is 1. The molecule has 0 N–H and O–H groups in total. The van der Waals surface area contributed by atoms with Crippen molar-refractivity contribution in [3.8, 4) is 11.5 Å². The van der Waals surface area contributed by atoms with Gasteiger partial charge >= 0.3 is 0 Å². The zero-order valence-electron chi connectivity index (χ0n) is 17.9. The lowest BCUT2D eigenvalue weighted by Gasteiger charge is -2.37. The van der Waals surface area contributed by atoms with Gasteiger partial charge in [0.1, 0.15) is 6.61 Å². The highest BCUT2D eigenvalue weighted by atomic mass is 79.9. The SMILES string of the molecule is COc1cc(/C=N\N2C(=O)[C@@H]3[C@@H](C2=O)[C@H]2C=C[C@H]3CC2)cc(Br)c1OCc1ccc(Br)cc1. The molecule has 1 saturated heterocycles. The van der Waals surface area contributed by atoms with Crippen LogP contribution >= 0.6 is 31.9 Å². The van der Waals surface area contributed by atoms with E-state index in [-0.39, 0.29) is 35.5 Å². The Morgan fingerprint density at radius 1 is 1.03 bits per heavy atom. The van der Waals surface area contributed by atoms with Gasteiger partial charge in [0.25, 0.3) is 11.8 Å². The van der Waals surface area contributed by atoms with Crippen molar-refractivity contribution in [2.45, 2.75) is 19.4 Å². The smallest absolute Gasteiger partial charge is 0.254 e. The van der Waals surface area contributed by atoms with E-state index in [0.29, 0.717) is 28.1 Å². The van der Waals surface area contributed by atoms with E-state index in [1.807, 2.05) is 30.3 Å². The van der Waals surface area contributed by atoms with E-state index in [0.717, 1.165) is 27.9 Å². The summed E-state index contributed by atoms with van der Waals surface area (Å²) in [5.74, 6) is 0.461. The minimum Gasteiger partial charge on any atom is -0.493 e. The Morgan fingerprint density at radius 2 is 1.67 bits per heavy atom. The number of nitrogens with zero attached hydrogens (tertiary/aromatic N) is 2. The standard InChI is InChI=1S/C25H22Br2N2O4/c1-32-20-11-15(10-19(27)23(20)33-13-14-2-8-18(26)9-3-14)12-28-29-24(30)21-16-4-5-17(7-6-16)22(21)25(29)31/h2-5,8-12,16-17,21-22H,6-7,13H2,1H3/b28-12-/t16-,17-,21-,22-/m0/s1. The van der Waals surface area contributed by atoms with Crippen LogP contribution in [-0.4, -0.2) is 30.1 Å². The highest BCUT2D eigenvalue weighted by molar-refractivity contribution is 9.10. The van der Waals surface area contributed by atoms with Crippen LogP contribution in [0.1, 0.15) is 24.0 Å². The molecule has 4 atom stereocenters. The van der Waals surface area contributed by atoms with Crippen LogP contribution in [0.25, 0.3) is 0 Å². The van der Waals surface area contributed by atoms with Crippen LogP contribution in [0, 0.1) is 23.7 Å². The molecule has 8 heteroatoms. The first-order valence-corrected chi connectivity index (χ1v) is 12.4. The Balaban J connectivity index is 1.34. The van der Waals surface area contributed by atoms with Crippen molar-refractivity contribution in [1.82, 2.24) is 5.01 Å². The van der Waals surface area contributed by atoms with E-state index in [2.05, 4.69) is 49.1 Å². The molecule has 2 bridgehead atoms. The van der Waals surface area contributed by atoms with Crippen molar-refractivity contribution >= 4 is 49.9 Å². The fourth-order valence-corrected chi connectivity index (χ4v) is 5.83. The Kier molecular flexibility index (Phi) is 6.14. The minimum absolute atomic E-state index is 0.146. The van der Waals surface area contributed by atoms with Crippen molar-refractivity contribution in [1.29, 1.82) is 0 Å². The van der Waals surface area contributed by atoms with E-state index in [4.69, 9.17) is 9.47 Å². The van der Waals surface area contributed by atoms with Gasteiger partial charge in [0, 0.05) is 4.47 Å². The monoisotopic (exact) mass is 572 g/mol. The van der Waals surface area contributed by atoms with Gasteiger partial charge in [0.15, 0.2) is 11.5 Å². The Bertz CT molecular complexity index is 1130. The summed E-state index contributed by atoms with van der Waals surface area (Å²) in [6.07, 6.45) is 7.65. The topological polar surface area (TPSA) is 68.2 Å². The molecule has 2 aromatic carbocycles. The normalized spacial score (nSPS) is 25.7. The molecule has 4 aliphatic rings. The van der Waals surface area contributed by atoms with Crippen molar-refractivity contribution < 1.29 is 19.1 Å². The average molecular weight is 574 g/mol. The Labute approximate surface area is 208 Å². The summed E-state index contributed by atoms with van der Waals surface area (Å²) in [7, 11) is 1.57. The number of hydrogen-bond donors (Lipinski definition) is 0. The summed E-state index contributed by atoms with van der Waals surface area (Å²) in [5, 5.41) is 5.35. The zero-order chi connectivity index (χ0) is 23.1. The summed E-state index contributed by atoms with van der Waals surface area (Å²) in [4.78, 5) is 25.9. The summed E-state index contributed by atoms with van der Waals surface area (Å²) in [5.41, 5.74) is 1.71. The molecule has 0 radical (unpaired) electrons. The lowest BCUT2D eigenvalue weighted by Crippen LogP contribution is -2.38. The van der Waals surface area contributed by atoms with Gasteiger partial charge in [-0.2, -0.15) is 10.1 Å². The number of carbonyl (C=O) groups excluding carboxylic acids is 2. The van der Waals surface area contributed by atoms with Gasteiger partial charge in [-0.25, -0.2) is 0 Å². The molecule has 2 amide bonds. The van der Waals surface area contributed by atoms with E-state index in [9.17, 15) is 9.59 Å². The first-order valence-electron chi connectivity index (χ1n) is 10.8. The van der Waals surface area contributed by atoms with Crippen LogP contribution in [0.3, 0.4) is 0 Å². The molecule has 3 aliphatic carbocycles. The number of hydrogen-bond acceptors (Lipinski definition) is 5. The van der Waals surface area contributed by atoms with Gasteiger partial charge in [0.2, 0.25) is 0 Å². The molecule has 1 aliphatic heterocycles. The number of imide groups is 1. The summed E-state index contributed by atoms with van der Waals surface area (Å²) in [6, 6.07) is 11.5. The summed E-state index contributed by atoms with van der Waals surface area (Å²) in [6.45, 7) is 0.381. The third kappa shape index (κ3) is 4.15. The van der Waals surface area contributed by atoms with Crippen LogP contribution in [0.2, 0.25) is 0 Å². The molecular weight excluding hydrogens is 552 g/mol. The van der Waals surface area contributed by atoms with Crippen molar-refractivity contribution in [3.05, 3.63) is 68.6 Å². The zero-order valence-corrected chi connectivity index (χ0v) is 21.1. The number of rotatable bonds is 6. The van der Waals surface area contributed by atoms with E-state index in [1.54, 1.807) is 13.2 Å². The molecule has 170 valence electrons. The molecule has 1 saturated carbocycles. The molecular formula is C25H22Br2N2O4. The summed E-state index contributed by atoms with van der Waals surface area (Å²) < 4.78 is 13.2. The maximum atomic E-state index is 12.9. The minimum atomic E-state index is -0.269. The average Bonchev–Trinajstić information content (AvgIpc) is 3.10. The maximum absolute atomic E-state index is 12.9. The molecule has 0 aromatic heterocycles. The number of allylic oxidation sites excluding steroid dienone is 2. The van der Waals surface area contributed by atoms with Gasteiger partial charge < -0.3 is 9.47 Å². The second-order valence-electron chi connectivity index (χ2n) is 8.52. The van der Waals surface area contributed by atoms with E-state index < -0.39 is 0 Å². The largest absolute Gasteiger partial charge is 0.493 e. The van der Waals surface area contributed by atoms with Gasteiger partial charge in [0.05, 0.1) is 29.6 Å².